The molecule has 0 aromatic carbocycles. The van der Waals surface area contributed by atoms with Gasteiger partial charge < -0.3 is 14.4 Å². The molecule has 0 radical (unpaired) electrons. The van der Waals surface area contributed by atoms with Gasteiger partial charge in [0.2, 0.25) is 5.82 Å². The Labute approximate surface area is 135 Å². The van der Waals surface area contributed by atoms with Crippen molar-refractivity contribution in [2.24, 2.45) is 5.92 Å². The van der Waals surface area contributed by atoms with Crippen LogP contribution in [0.3, 0.4) is 0 Å². The Morgan fingerprint density at radius 1 is 1.35 bits per heavy atom. The maximum absolute atomic E-state index is 12.6. The third-order valence-electron chi connectivity index (χ3n) is 4.95. The number of rotatable bonds is 4. The normalized spacial score (nSPS) is 27.8. The summed E-state index contributed by atoms with van der Waals surface area (Å²) < 4.78 is 10.9. The highest BCUT2D eigenvalue weighted by atomic mass is 16.5. The Bertz CT molecular complexity index is 575. The van der Waals surface area contributed by atoms with Crippen LogP contribution in [0.2, 0.25) is 0 Å². The van der Waals surface area contributed by atoms with Gasteiger partial charge >= 0.3 is 0 Å². The molecule has 3 aliphatic rings. The Morgan fingerprint density at radius 3 is 2.83 bits per heavy atom. The van der Waals surface area contributed by atoms with Gasteiger partial charge in [0.15, 0.2) is 5.75 Å². The predicted molar refractivity (Wildman–Crippen MR) is 82.3 cm³/mol. The standard InChI is InChI=1S/C16H22N4O3/c1-22-12-6-17-15(18-7-12)16(21)20-9-13-14(10-20)23-5-4-19(13)8-11-2-3-11/h6-7,11,13-14H,2-5,8-10H2,1H3/t13-,14-/m0/s1. The van der Waals surface area contributed by atoms with Crippen molar-refractivity contribution >= 4 is 5.91 Å². The van der Waals surface area contributed by atoms with Crippen LogP contribution in [-0.2, 0) is 4.74 Å². The predicted octanol–water partition coefficient (Wildman–Crippen LogP) is 0.420. The lowest BCUT2D eigenvalue weighted by Gasteiger charge is -2.36. The van der Waals surface area contributed by atoms with Crippen LogP contribution in [0.5, 0.6) is 5.75 Å². The van der Waals surface area contributed by atoms with Crippen molar-refractivity contribution in [2.75, 3.05) is 39.9 Å². The Balaban J connectivity index is 1.44. The van der Waals surface area contributed by atoms with Gasteiger partial charge in [0.05, 0.1) is 38.3 Å². The van der Waals surface area contributed by atoms with Gasteiger partial charge in [0.25, 0.3) is 5.91 Å². The summed E-state index contributed by atoms with van der Waals surface area (Å²) in [5.74, 6) is 1.49. The van der Waals surface area contributed by atoms with E-state index >= 15 is 0 Å². The van der Waals surface area contributed by atoms with Crippen molar-refractivity contribution in [3.8, 4) is 5.75 Å². The molecule has 0 spiro atoms. The second kappa shape index (κ2) is 6.05. The van der Waals surface area contributed by atoms with Gasteiger partial charge in [-0.3, -0.25) is 9.69 Å². The Kier molecular flexibility index (Phi) is 3.90. The summed E-state index contributed by atoms with van der Waals surface area (Å²) >= 11 is 0. The van der Waals surface area contributed by atoms with E-state index < -0.39 is 0 Å². The minimum atomic E-state index is -0.128. The van der Waals surface area contributed by atoms with E-state index in [0.29, 0.717) is 24.9 Å². The summed E-state index contributed by atoms with van der Waals surface area (Å²) in [5.41, 5.74) is 0. The minimum Gasteiger partial charge on any atom is -0.494 e. The number of carbonyl (C=O) groups excluding carboxylic acids is 1. The number of ether oxygens (including phenoxy) is 2. The number of hydrogen-bond donors (Lipinski definition) is 0. The fourth-order valence-corrected chi connectivity index (χ4v) is 3.46. The van der Waals surface area contributed by atoms with E-state index in [-0.39, 0.29) is 17.8 Å². The highest BCUT2D eigenvalue weighted by molar-refractivity contribution is 5.90. The molecule has 3 fully saturated rings. The van der Waals surface area contributed by atoms with Gasteiger partial charge in [0, 0.05) is 26.2 Å². The average molecular weight is 318 g/mol. The topological polar surface area (TPSA) is 67.8 Å². The van der Waals surface area contributed by atoms with Crippen molar-refractivity contribution in [3.63, 3.8) is 0 Å². The average Bonchev–Trinajstić information content (AvgIpc) is 3.29. The van der Waals surface area contributed by atoms with Crippen LogP contribution >= 0.6 is 0 Å². The number of aromatic nitrogens is 2. The zero-order valence-corrected chi connectivity index (χ0v) is 13.4. The Hall–Kier alpha value is -1.73. The minimum absolute atomic E-state index is 0.115. The number of likely N-dealkylation sites (tertiary alicyclic amines) is 1. The molecular formula is C16H22N4O3. The van der Waals surface area contributed by atoms with Crippen molar-refractivity contribution < 1.29 is 14.3 Å². The lowest BCUT2D eigenvalue weighted by Crippen LogP contribution is -2.51. The molecule has 1 aromatic heterocycles. The van der Waals surface area contributed by atoms with E-state index in [1.807, 2.05) is 4.90 Å². The van der Waals surface area contributed by atoms with Crippen LogP contribution in [0.25, 0.3) is 0 Å². The van der Waals surface area contributed by atoms with Crippen LogP contribution in [0.15, 0.2) is 12.4 Å². The van der Waals surface area contributed by atoms with Crippen LogP contribution in [0, 0.1) is 5.92 Å². The van der Waals surface area contributed by atoms with Crippen molar-refractivity contribution in [1.29, 1.82) is 0 Å². The molecule has 1 aliphatic carbocycles. The van der Waals surface area contributed by atoms with E-state index in [4.69, 9.17) is 9.47 Å². The molecule has 1 saturated carbocycles. The molecule has 2 atom stereocenters. The third kappa shape index (κ3) is 3.03. The van der Waals surface area contributed by atoms with E-state index in [0.717, 1.165) is 25.6 Å². The molecule has 0 bridgehead atoms. The molecule has 7 nitrogen and oxygen atoms in total. The van der Waals surface area contributed by atoms with Crippen LogP contribution in [0.4, 0.5) is 0 Å². The number of morpholine rings is 1. The zero-order valence-electron chi connectivity index (χ0n) is 13.4. The molecule has 1 aromatic rings. The summed E-state index contributed by atoms with van der Waals surface area (Å²) in [6, 6.07) is 0.312. The van der Waals surface area contributed by atoms with Crippen molar-refractivity contribution in [3.05, 3.63) is 18.2 Å². The van der Waals surface area contributed by atoms with Crippen LogP contribution in [0.1, 0.15) is 23.5 Å². The fraction of sp³-hybridized carbons (Fsp3) is 0.688. The number of hydrogen-bond acceptors (Lipinski definition) is 6. The van der Waals surface area contributed by atoms with Gasteiger partial charge in [-0.1, -0.05) is 0 Å². The first-order chi connectivity index (χ1) is 11.2. The quantitative estimate of drug-likeness (QED) is 0.801. The first kappa shape index (κ1) is 14.8. The van der Waals surface area contributed by atoms with Gasteiger partial charge in [-0.2, -0.15) is 0 Å². The summed E-state index contributed by atoms with van der Waals surface area (Å²) in [5, 5.41) is 0. The van der Waals surface area contributed by atoms with Gasteiger partial charge in [0.1, 0.15) is 0 Å². The van der Waals surface area contributed by atoms with E-state index in [1.165, 1.54) is 25.2 Å². The number of fused-ring (bicyclic) bond motifs is 1. The largest absolute Gasteiger partial charge is 0.494 e. The van der Waals surface area contributed by atoms with Crippen molar-refractivity contribution in [1.82, 2.24) is 19.8 Å². The number of nitrogens with zero attached hydrogens (tertiary/aromatic N) is 4. The summed E-state index contributed by atoms with van der Waals surface area (Å²) in [4.78, 5) is 25.2. The van der Waals surface area contributed by atoms with Gasteiger partial charge in [-0.15, -0.1) is 0 Å². The SMILES string of the molecule is COc1cnc(C(=O)N2C[C@@H]3OCCN(CC4CC4)[C@H]3C2)nc1. The van der Waals surface area contributed by atoms with Crippen LogP contribution in [-0.4, -0.2) is 77.7 Å². The summed E-state index contributed by atoms with van der Waals surface area (Å²) in [6.07, 6.45) is 5.86. The third-order valence-corrected chi connectivity index (χ3v) is 4.95. The molecule has 3 heterocycles. The monoisotopic (exact) mass is 318 g/mol. The zero-order chi connectivity index (χ0) is 15.8. The molecule has 2 saturated heterocycles. The number of amides is 1. The molecule has 0 N–H and O–H groups in total. The highest BCUT2D eigenvalue weighted by Crippen LogP contribution is 2.33. The molecule has 1 amide bonds. The summed E-state index contributed by atoms with van der Waals surface area (Å²) in [7, 11) is 1.55. The van der Waals surface area contributed by atoms with Crippen molar-refractivity contribution in [2.45, 2.75) is 25.0 Å². The molecule has 23 heavy (non-hydrogen) atoms. The molecule has 7 heteroatoms. The van der Waals surface area contributed by atoms with E-state index in [2.05, 4.69) is 14.9 Å². The number of carbonyl (C=O) groups is 1. The fourth-order valence-electron chi connectivity index (χ4n) is 3.46. The summed E-state index contributed by atoms with van der Waals surface area (Å²) in [6.45, 7) is 4.20. The maximum Gasteiger partial charge on any atom is 0.291 e. The number of methoxy groups -OCH3 is 1. The van der Waals surface area contributed by atoms with Crippen LogP contribution < -0.4 is 4.74 Å². The lowest BCUT2D eigenvalue weighted by molar-refractivity contribution is -0.0484. The first-order valence-electron chi connectivity index (χ1n) is 8.25. The molecule has 124 valence electrons. The lowest BCUT2D eigenvalue weighted by atomic mass is 10.1. The van der Waals surface area contributed by atoms with E-state index in [9.17, 15) is 4.79 Å². The smallest absolute Gasteiger partial charge is 0.291 e. The molecule has 2 aliphatic heterocycles. The molecular weight excluding hydrogens is 296 g/mol. The Morgan fingerprint density at radius 2 is 2.13 bits per heavy atom. The second-order valence-electron chi connectivity index (χ2n) is 6.57. The highest BCUT2D eigenvalue weighted by Gasteiger charge is 2.43. The first-order valence-corrected chi connectivity index (χ1v) is 8.25. The maximum atomic E-state index is 12.6. The second-order valence-corrected chi connectivity index (χ2v) is 6.57. The molecule has 4 rings (SSSR count). The van der Waals surface area contributed by atoms with Gasteiger partial charge in [-0.05, 0) is 18.8 Å². The van der Waals surface area contributed by atoms with E-state index in [1.54, 1.807) is 7.11 Å². The van der Waals surface area contributed by atoms with Gasteiger partial charge in [-0.25, -0.2) is 9.97 Å². The molecule has 0 unspecified atom stereocenters.